The van der Waals surface area contributed by atoms with E-state index >= 15 is 0 Å². The van der Waals surface area contributed by atoms with Crippen molar-refractivity contribution in [1.29, 1.82) is 0 Å². The second-order valence-corrected chi connectivity index (χ2v) is 6.03. The summed E-state index contributed by atoms with van der Waals surface area (Å²) in [6.07, 6.45) is 0.878. The zero-order valence-electron chi connectivity index (χ0n) is 11.5. The summed E-state index contributed by atoms with van der Waals surface area (Å²) in [5.41, 5.74) is 0.945. The first kappa shape index (κ1) is 14.7. The van der Waals surface area contributed by atoms with Crippen molar-refractivity contribution in [3.8, 4) is 0 Å². The van der Waals surface area contributed by atoms with Gasteiger partial charge in [0.2, 0.25) is 0 Å². The Morgan fingerprint density at radius 3 is 2.90 bits per heavy atom. The lowest BCUT2D eigenvalue weighted by Gasteiger charge is -2.13. The molecule has 6 heteroatoms. The van der Waals surface area contributed by atoms with Crippen molar-refractivity contribution in [2.45, 2.75) is 26.3 Å². The predicted molar refractivity (Wildman–Crippen MR) is 81.8 cm³/mol. The van der Waals surface area contributed by atoms with Crippen LogP contribution in [-0.2, 0) is 0 Å². The molecule has 0 fully saturated rings. The number of para-hydroxylation sites is 1. The Kier molecular flexibility index (Phi) is 4.54. The van der Waals surface area contributed by atoms with Crippen molar-refractivity contribution >= 4 is 28.8 Å². The van der Waals surface area contributed by atoms with Crippen LogP contribution in [0.1, 0.15) is 36.7 Å². The molecule has 108 valence electrons. The summed E-state index contributed by atoms with van der Waals surface area (Å²) < 4.78 is 1.65. The number of aromatic nitrogens is 2. The van der Waals surface area contributed by atoms with Gasteiger partial charge < -0.3 is 10.1 Å². The van der Waals surface area contributed by atoms with Crippen LogP contribution in [0.4, 0.5) is 0 Å². The molecule has 2 rings (SSSR count). The summed E-state index contributed by atoms with van der Waals surface area (Å²) in [4.78, 5) is 25.9. The van der Waals surface area contributed by atoms with E-state index in [0.717, 1.165) is 17.9 Å². The van der Waals surface area contributed by atoms with Crippen molar-refractivity contribution < 1.29 is 9.90 Å². The Bertz CT molecular complexity index is 675. The third-order valence-electron chi connectivity index (χ3n) is 3.31. The fourth-order valence-corrected chi connectivity index (χ4v) is 3.09. The minimum absolute atomic E-state index is 0.0411. The average Bonchev–Trinajstić information content (AvgIpc) is 2.74. The van der Waals surface area contributed by atoms with Gasteiger partial charge in [-0.05, 0) is 37.0 Å². The van der Waals surface area contributed by atoms with Crippen LogP contribution >= 0.6 is 11.8 Å². The van der Waals surface area contributed by atoms with E-state index in [1.165, 1.54) is 6.07 Å². The molecule has 0 aliphatic carbocycles. The molecule has 1 unspecified atom stereocenters. The Morgan fingerprint density at radius 1 is 1.50 bits per heavy atom. The van der Waals surface area contributed by atoms with E-state index in [-0.39, 0.29) is 17.3 Å². The van der Waals surface area contributed by atoms with Crippen LogP contribution in [0, 0.1) is 0 Å². The number of aromatic carboxylic acids is 1. The van der Waals surface area contributed by atoms with E-state index < -0.39 is 5.97 Å². The maximum absolute atomic E-state index is 12.1. The van der Waals surface area contributed by atoms with E-state index in [1.807, 2.05) is 18.7 Å². The van der Waals surface area contributed by atoms with Crippen LogP contribution < -0.4 is 5.69 Å². The van der Waals surface area contributed by atoms with E-state index in [0.29, 0.717) is 11.0 Å². The van der Waals surface area contributed by atoms with E-state index in [2.05, 4.69) is 11.9 Å². The number of carbonyl (C=O) groups is 1. The van der Waals surface area contributed by atoms with Crippen molar-refractivity contribution in [3.63, 3.8) is 0 Å². The number of nitrogens with zero attached hydrogens (tertiary/aromatic N) is 1. The molecule has 0 aliphatic rings. The lowest BCUT2D eigenvalue weighted by Crippen LogP contribution is -2.20. The molecule has 1 atom stereocenters. The number of benzene rings is 1. The minimum Gasteiger partial charge on any atom is -0.478 e. The normalized spacial score (nSPS) is 12.7. The minimum atomic E-state index is -1.03. The number of H-pyrrole nitrogens is 1. The molecule has 0 spiro atoms. The number of hydrogen-bond donors (Lipinski definition) is 2. The zero-order valence-corrected chi connectivity index (χ0v) is 12.4. The third-order valence-corrected chi connectivity index (χ3v) is 4.24. The molecule has 2 aromatic rings. The maximum atomic E-state index is 12.1. The van der Waals surface area contributed by atoms with Gasteiger partial charge in [0.1, 0.15) is 0 Å². The Morgan fingerprint density at radius 2 is 2.25 bits per heavy atom. The molecule has 0 saturated heterocycles. The highest BCUT2D eigenvalue weighted by atomic mass is 32.2. The fourth-order valence-electron chi connectivity index (χ4n) is 2.29. The van der Waals surface area contributed by atoms with Gasteiger partial charge in [0.25, 0.3) is 0 Å². The molecule has 1 heterocycles. The molecule has 1 aromatic heterocycles. The van der Waals surface area contributed by atoms with Crippen LogP contribution in [0.2, 0.25) is 0 Å². The molecule has 1 aromatic carbocycles. The highest BCUT2D eigenvalue weighted by molar-refractivity contribution is 7.99. The first-order valence-corrected chi connectivity index (χ1v) is 7.76. The number of hydrogen-bond acceptors (Lipinski definition) is 3. The van der Waals surface area contributed by atoms with Crippen molar-refractivity contribution in [2.24, 2.45) is 0 Å². The summed E-state index contributed by atoms with van der Waals surface area (Å²) in [6.45, 7) is 4.09. The largest absolute Gasteiger partial charge is 0.478 e. The molecule has 0 radical (unpaired) electrons. The van der Waals surface area contributed by atoms with Gasteiger partial charge in [0.05, 0.1) is 16.6 Å². The van der Waals surface area contributed by atoms with Crippen molar-refractivity contribution in [1.82, 2.24) is 9.55 Å². The van der Waals surface area contributed by atoms with E-state index in [4.69, 9.17) is 5.11 Å². The van der Waals surface area contributed by atoms with Gasteiger partial charge in [0, 0.05) is 6.04 Å². The van der Waals surface area contributed by atoms with Gasteiger partial charge in [-0.2, -0.15) is 11.8 Å². The van der Waals surface area contributed by atoms with Gasteiger partial charge >= 0.3 is 11.7 Å². The van der Waals surface area contributed by atoms with E-state index in [9.17, 15) is 9.59 Å². The topological polar surface area (TPSA) is 75.1 Å². The number of imidazole rings is 1. The second-order valence-electron chi connectivity index (χ2n) is 4.64. The summed E-state index contributed by atoms with van der Waals surface area (Å²) in [5, 5.41) is 9.16. The Labute approximate surface area is 121 Å². The molecular formula is C14H18N2O3S. The highest BCUT2D eigenvalue weighted by Gasteiger charge is 2.17. The monoisotopic (exact) mass is 294 g/mol. The second kappa shape index (κ2) is 6.17. The lowest BCUT2D eigenvalue weighted by molar-refractivity contribution is 0.0699. The standard InChI is InChI=1S/C14H18N2O3S/c1-3-20-8-7-9(2)16-11-6-4-5-10(13(17)18)12(11)15-14(16)19/h4-6,9H,3,7-8H2,1-2H3,(H,15,19)(H,17,18). The van der Waals surface area contributed by atoms with Gasteiger partial charge in [-0.25, -0.2) is 9.59 Å². The Balaban J connectivity index is 2.44. The van der Waals surface area contributed by atoms with E-state index in [1.54, 1.807) is 16.7 Å². The molecule has 0 bridgehead atoms. The summed E-state index contributed by atoms with van der Waals surface area (Å²) in [6, 6.07) is 4.99. The van der Waals surface area contributed by atoms with Crippen molar-refractivity contribution in [2.75, 3.05) is 11.5 Å². The smallest absolute Gasteiger partial charge is 0.337 e. The maximum Gasteiger partial charge on any atom is 0.337 e. The van der Waals surface area contributed by atoms with Gasteiger partial charge in [-0.1, -0.05) is 13.0 Å². The van der Waals surface area contributed by atoms with Gasteiger partial charge in [0.15, 0.2) is 0 Å². The van der Waals surface area contributed by atoms with Crippen molar-refractivity contribution in [3.05, 3.63) is 34.2 Å². The average molecular weight is 294 g/mol. The number of carboxylic acid groups (broad SMARTS) is 1. The number of fused-ring (bicyclic) bond motifs is 1. The number of aromatic amines is 1. The molecule has 0 saturated carbocycles. The van der Waals surface area contributed by atoms with Crippen LogP contribution in [0.5, 0.6) is 0 Å². The first-order valence-electron chi connectivity index (χ1n) is 6.60. The van der Waals surface area contributed by atoms with Crippen LogP contribution in [0.15, 0.2) is 23.0 Å². The molecule has 2 N–H and O–H groups in total. The lowest BCUT2D eigenvalue weighted by atomic mass is 10.1. The molecule has 0 aliphatic heterocycles. The highest BCUT2D eigenvalue weighted by Crippen LogP contribution is 2.21. The van der Waals surface area contributed by atoms with Crippen LogP contribution in [0.25, 0.3) is 11.0 Å². The van der Waals surface area contributed by atoms with Gasteiger partial charge in [-0.15, -0.1) is 0 Å². The number of rotatable bonds is 6. The summed E-state index contributed by atoms with van der Waals surface area (Å²) in [7, 11) is 0. The Hall–Kier alpha value is -1.69. The quantitative estimate of drug-likeness (QED) is 0.803. The summed E-state index contributed by atoms with van der Waals surface area (Å²) >= 11 is 1.83. The zero-order chi connectivity index (χ0) is 14.7. The molecule has 0 amide bonds. The van der Waals surface area contributed by atoms with Crippen LogP contribution in [-0.4, -0.2) is 32.1 Å². The SMILES string of the molecule is CCSCCC(C)n1c(=O)[nH]c2c(C(=O)O)cccc21. The number of carboxylic acids is 1. The summed E-state index contributed by atoms with van der Waals surface area (Å²) in [5.74, 6) is 1.01. The third kappa shape index (κ3) is 2.75. The number of nitrogens with one attached hydrogen (secondary N) is 1. The molecule has 20 heavy (non-hydrogen) atoms. The molecule has 5 nitrogen and oxygen atoms in total. The fraction of sp³-hybridized carbons (Fsp3) is 0.429. The first-order chi connectivity index (χ1) is 9.56. The van der Waals surface area contributed by atoms with Crippen LogP contribution in [0.3, 0.4) is 0 Å². The van der Waals surface area contributed by atoms with Gasteiger partial charge in [-0.3, -0.25) is 4.57 Å². The molecular weight excluding hydrogens is 276 g/mol. The predicted octanol–water partition coefficient (Wildman–Crippen LogP) is 2.73. The number of thioether (sulfide) groups is 1.